The molecule has 0 saturated carbocycles. The van der Waals surface area contributed by atoms with Gasteiger partial charge in [-0.05, 0) is 0 Å². The molecular weight excluding hydrogens is 449 g/mol. The van der Waals surface area contributed by atoms with Crippen molar-refractivity contribution in [2.45, 2.75) is 0 Å². The summed E-state index contributed by atoms with van der Waals surface area (Å²) in [5, 5.41) is 0. The molecule has 0 aliphatic carbocycles. The Kier molecular flexibility index (Phi) is 83.4. The molecule has 0 saturated heterocycles. The van der Waals surface area contributed by atoms with Crippen LogP contribution < -0.4 is 0 Å². The van der Waals surface area contributed by atoms with Crippen molar-refractivity contribution in [1.82, 2.24) is 0 Å². The second-order valence-electron chi connectivity index (χ2n) is 0. The van der Waals surface area contributed by atoms with Gasteiger partial charge < -0.3 is 23.3 Å². The van der Waals surface area contributed by atoms with E-state index in [0.717, 1.165) is 0 Å². The van der Waals surface area contributed by atoms with Gasteiger partial charge in [0, 0.05) is 40.2 Å². The first-order chi connectivity index (χ1) is 1.00. The summed E-state index contributed by atoms with van der Waals surface area (Å²) in [6.07, 6.45) is 0. The molecule has 0 bridgehead atoms. The molecule has 0 unspecified atom stereocenters. The van der Waals surface area contributed by atoms with E-state index in [1.54, 1.807) is 0 Å². The average Bonchev–Trinajstić information content (AvgIpc) is 1.00. The summed E-state index contributed by atoms with van der Waals surface area (Å²) >= 11 is 7.33. The van der Waals surface area contributed by atoms with Crippen LogP contribution >= 0.6 is 0 Å². The van der Waals surface area contributed by atoms with Crippen molar-refractivity contribution in [3.8, 4) is 0 Å². The van der Waals surface area contributed by atoms with Crippen LogP contribution in [0.3, 0.4) is 0 Å². The summed E-state index contributed by atoms with van der Waals surface area (Å²) < 4.78 is 0. The average molecular weight is 449 g/mol. The minimum Gasteiger partial charge on any atom is -1.00 e. The molecule has 32 valence electrons. The predicted molar refractivity (Wildman–Crippen MR) is 14.7 cm³/mol. The zero-order valence-electron chi connectivity index (χ0n) is 1.48. The molecule has 0 rings (SSSR count). The Balaban J connectivity index is -0.00000000500. The van der Waals surface area contributed by atoms with Gasteiger partial charge in [0.1, 0.15) is 0 Å². The quantitative estimate of drug-likeness (QED) is 0.378. The van der Waals surface area contributed by atoms with E-state index in [0.29, 0.717) is 0 Å². The van der Waals surface area contributed by atoms with Gasteiger partial charge in [0.05, 0.1) is 0 Å². The molecule has 0 amide bonds. The van der Waals surface area contributed by atoms with Crippen LogP contribution in [0.25, 0.3) is 0 Å². The van der Waals surface area contributed by atoms with E-state index in [9.17, 15) is 0 Å². The first kappa shape index (κ1) is 16.7. The molecule has 0 nitrogen and oxygen atoms in total. The van der Waals surface area contributed by atoms with E-state index in [-0.39, 0.29) is 40.2 Å². The Bertz CT molecular complexity index is 4.00. The molecule has 0 aromatic heterocycles. The van der Waals surface area contributed by atoms with Crippen molar-refractivity contribution in [3.63, 3.8) is 0 Å². The number of hydrogen-bond donors (Lipinski definition) is 0. The SMILES string of the molecule is [Ir].[Ir].[S-][S-]. The van der Waals surface area contributed by atoms with Crippen molar-refractivity contribution >= 4 is 23.3 Å². The Hall–Kier alpha value is 2.00. The number of hydrogen-bond acceptors (Lipinski definition) is 2. The number of rotatable bonds is 0. The van der Waals surface area contributed by atoms with Crippen molar-refractivity contribution in [2.75, 3.05) is 0 Å². The van der Waals surface area contributed by atoms with Gasteiger partial charge in [-0.1, -0.05) is 0 Å². The van der Waals surface area contributed by atoms with Crippen molar-refractivity contribution in [3.05, 3.63) is 0 Å². The summed E-state index contributed by atoms with van der Waals surface area (Å²) in [7, 11) is 0. The Labute approximate surface area is 63.0 Å². The molecule has 0 atom stereocenters. The molecule has 0 aliphatic rings. The maximum atomic E-state index is 3.67. The van der Waals surface area contributed by atoms with Gasteiger partial charge in [0.15, 0.2) is 0 Å². The monoisotopic (exact) mass is 450 g/mol. The summed E-state index contributed by atoms with van der Waals surface area (Å²) in [4.78, 5) is 0. The fourth-order valence-corrected chi connectivity index (χ4v) is 0. The molecule has 4 heavy (non-hydrogen) atoms. The van der Waals surface area contributed by atoms with E-state index in [2.05, 4.69) is 23.3 Å². The Morgan fingerprint density at radius 1 is 0.750 bits per heavy atom. The maximum absolute atomic E-state index is 3.67. The largest absolute Gasteiger partial charge is 1.00 e. The van der Waals surface area contributed by atoms with Gasteiger partial charge in [0.2, 0.25) is 0 Å². The van der Waals surface area contributed by atoms with Crippen molar-refractivity contribution < 1.29 is 40.2 Å². The Morgan fingerprint density at radius 2 is 0.750 bits per heavy atom. The van der Waals surface area contributed by atoms with Crippen LogP contribution in [0.5, 0.6) is 0 Å². The summed E-state index contributed by atoms with van der Waals surface area (Å²) in [5.41, 5.74) is 0. The maximum Gasteiger partial charge on any atom is 0 e. The minimum absolute atomic E-state index is 0. The normalized spacial score (nSPS) is 1.50. The van der Waals surface area contributed by atoms with Crippen molar-refractivity contribution in [1.29, 1.82) is 0 Å². The molecule has 0 aliphatic heterocycles. The third-order valence-corrected chi connectivity index (χ3v) is 0. The van der Waals surface area contributed by atoms with E-state index >= 15 is 0 Å². The zero-order valence-corrected chi connectivity index (χ0v) is 7.91. The smallest absolute Gasteiger partial charge is 0 e. The fourth-order valence-electron chi connectivity index (χ4n) is 0. The van der Waals surface area contributed by atoms with Crippen LogP contribution in [-0.2, 0) is 63.5 Å². The van der Waals surface area contributed by atoms with Gasteiger partial charge in [0.25, 0.3) is 0 Å². The fraction of sp³-hybridized carbons (Fsp3) is 0. The van der Waals surface area contributed by atoms with E-state index in [1.807, 2.05) is 0 Å². The van der Waals surface area contributed by atoms with Crippen LogP contribution in [0.15, 0.2) is 0 Å². The molecule has 0 heterocycles. The molecule has 0 aromatic rings. The standard InChI is InChI=1S/2Ir.S2/c;;1-2/q;;-2. The third kappa shape index (κ3) is 9.00. The molecule has 0 aromatic carbocycles. The molecule has 0 N–H and O–H groups in total. The van der Waals surface area contributed by atoms with E-state index in [4.69, 9.17) is 0 Å². The molecule has 0 spiro atoms. The summed E-state index contributed by atoms with van der Waals surface area (Å²) in [6, 6.07) is 0. The van der Waals surface area contributed by atoms with Gasteiger partial charge in [-0.3, -0.25) is 0 Å². The van der Waals surface area contributed by atoms with Crippen molar-refractivity contribution in [2.24, 2.45) is 0 Å². The first-order valence-corrected chi connectivity index (χ1v) is 1.50. The third-order valence-electron chi connectivity index (χ3n) is 0. The molecule has 4 heteroatoms. The second kappa shape index (κ2) is 20.0. The first-order valence-electron chi connectivity index (χ1n) is 0.167. The second-order valence-corrected chi connectivity index (χ2v) is 0. The summed E-state index contributed by atoms with van der Waals surface area (Å²) in [6.45, 7) is 0. The molecule has 2 radical (unpaired) electrons. The van der Waals surface area contributed by atoms with Crippen LogP contribution in [0.1, 0.15) is 0 Å². The topological polar surface area (TPSA) is 0 Å². The summed E-state index contributed by atoms with van der Waals surface area (Å²) in [5.74, 6) is 0. The van der Waals surface area contributed by atoms with Gasteiger partial charge in [-0.25, -0.2) is 0 Å². The zero-order chi connectivity index (χ0) is 2.00. The van der Waals surface area contributed by atoms with Gasteiger partial charge in [-0.2, -0.15) is 0 Å². The van der Waals surface area contributed by atoms with Crippen LogP contribution in [0.2, 0.25) is 0 Å². The van der Waals surface area contributed by atoms with Crippen LogP contribution in [0.4, 0.5) is 0 Å². The van der Waals surface area contributed by atoms with Crippen LogP contribution in [0, 0.1) is 0 Å². The van der Waals surface area contributed by atoms with Crippen LogP contribution in [-0.4, -0.2) is 0 Å². The van der Waals surface area contributed by atoms with E-state index < -0.39 is 0 Å². The van der Waals surface area contributed by atoms with Gasteiger partial charge >= 0.3 is 0 Å². The van der Waals surface area contributed by atoms with Gasteiger partial charge in [-0.15, -0.1) is 0 Å². The minimum atomic E-state index is 0. The predicted octanol–water partition coefficient (Wildman–Crippen LogP) is -0.00980. The van der Waals surface area contributed by atoms with E-state index in [1.165, 1.54) is 0 Å². The molecular formula is Ir2S2-2. The molecule has 0 fully saturated rings. The Morgan fingerprint density at radius 3 is 0.750 bits per heavy atom.